The van der Waals surface area contributed by atoms with Crippen LogP contribution in [0.1, 0.15) is 25.0 Å². The van der Waals surface area contributed by atoms with Crippen molar-refractivity contribution in [3.63, 3.8) is 0 Å². The molecule has 14 aromatic rings. The van der Waals surface area contributed by atoms with Gasteiger partial charge in [-0.1, -0.05) is 190 Å². The molecule has 1 aliphatic rings. The first kappa shape index (κ1) is 40.2. The van der Waals surface area contributed by atoms with Gasteiger partial charge in [0.15, 0.2) is 5.82 Å². The highest BCUT2D eigenvalue weighted by Gasteiger charge is 2.36. The summed E-state index contributed by atoms with van der Waals surface area (Å²) in [6, 6.07) is 82.4. The van der Waals surface area contributed by atoms with Crippen molar-refractivity contribution in [3.05, 3.63) is 236 Å². The average molecular weight is 922 g/mol. The Hall–Kier alpha value is -8.70. The van der Waals surface area contributed by atoms with Gasteiger partial charge in [0, 0.05) is 63.8 Å². The van der Waals surface area contributed by atoms with Crippen LogP contribution in [0.3, 0.4) is 0 Å². The third-order valence-corrected chi connectivity index (χ3v) is 16.5. The molecular formula is C67H43N3S. The van der Waals surface area contributed by atoms with E-state index in [-0.39, 0.29) is 5.41 Å². The Bertz CT molecular complexity index is 4420. The monoisotopic (exact) mass is 921 g/mol. The van der Waals surface area contributed by atoms with Crippen molar-refractivity contribution in [1.82, 2.24) is 14.4 Å². The van der Waals surface area contributed by atoms with Gasteiger partial charge in [-0.15, -0.1) is 11.3 Å². The van der Waals surface area contributed by atoms with E-state index in [2.05, 4.69) is 231 Å². The van der Waals surface area contributed by atoms with Gasteiger partial charge in [0.2, 0.25) is 0 Å². The molecule has 0 radical (unpaired) electrons. The van der Waals surface area contributed by atoms with Gasteiger partial charge in [-0.3, -0.25) is 0 Å². The van der Waals surface area contributed by atoms with E-state index in [1.54, 1.807) is 0 Å². The highest BCUT2D eigenvalue weighted by molar-refractivity contribution is 7.25. The predicted molar refractivity (Wildman–Crippen MR) is 300 cm³/mol. The summed E-state index contributed by atoms with van der Waals surface area (Å²) in [6.45, 7) is 4.69. The second-order valence-corrected chi connectivity index (χ2v) is 20.8. The van der Waals surface area contributed by atoms with E-state index in [0.717, 1.165) is 33.9 Å². The van der Waals surface area contributed by atoms with Crippen molar-refractivity contribution in [2.75, 3.05) is 0 Å². The third kappa shape index (κ3) is 6.08. The Morgan fingerprint density at radius 2 is 0.845 bits per heavy atom. The minimum Gasteiger partial charge on any atom is -0.308 e. The summed E-state index contributed by atoms with van der Waals surface area (Å²) >= 11 is 1.88. The van der Waals surface area contributed by atoms with E-state index in [0.29, 0.717) is 0 Å². The summed E-state index contributed by atoms with van der Waals surface area (Å²) in [4.78, 5) is 10.4. The molecule has 0 amide bonds. The fraction of sp³-hybridized carbons (Fsp3) is 0.0448. The van der Waals surface area contributed by atoms with Crippen molar-refractivity contribution in [1.29, 1.82) is 0 Å². The van der Waals surface area contributed by atoms with Crippen LogP contribution in [0.25, 0.3) is 137 Å². The Labute approximate surface area is 415 Å². The number of rotatable bonds is 6. The number of benzene rings is 10. The second-order valence-electron chi connectivity index (χ2n) is 19.7. The van der Waals surface area contributed by atoms with E-state index in [9.17, 15) is 0 Å². The molecule has 71 heavy (non-hydrogen) atoms. The van der Waals surface area contributed by atoms with Crippen molar-refractivity contribution in [2.45, 2.75) is 19.3 Å². The molecular weight excluding hydrogens is 879 g/mol. The zero-order chi connectivity index (χ0) is 47.0. The quantitative estimate of drug-likeness (QED) is 0.166. The number of hydrogen-bond acceptors (Lipinski definition) is 3. The number of nitrogens with zero attached hydrogens (tertiary/aromatic N) is 3. The van der Waals surface area contributed by atoms with Gasteiger partial charge in [0.25, 0.3) is 0 Å². The molecule has 0 saturated carbocycles. The minimum atomic E-state index is -0.159. The fourth-order valence-corrected chi connectivity index (χ4v) is 13.0. The number of thiophene rings is 1. The second kappa shape index (κ2) is 15.1. The first-order valence-electron chi connectivity index (χ1n) is 24.5. The molecule has 1 aliphatic carbocycles. The van der Waals surface area contributed by atoms with Crippen molar-refractivity contribution >= 4 is 69.6 Å². The first-order valence-corrected chi connectivity index (χ1v) is 25.3. The molecule has 0 atom stereocenters. The maximum Gasteiger partial charge on any atom is 0.160 e. The van der Waals surface area contributed by atoms with Gasteiger partial charge in [0.05, 0.1) is 27.9 Å². The lowest BCUT2D eigenvalue weighted by Crippen LogP contribution is -2.14. The van der Waals surface area contributed by atoms with Gasteiger partial charge in [0.1, 0.15) is 0 Å². The molecule has 0 aliphatic heterocycles. The number of hydrogen-bond donors (Lipinski definition) is 0. The largest absolute Gasteiger partial charge is 0.308 e. The Morgan fingerprint density at radius 1 is 0.352 bits per heavy atom. The van der Waals surface area contributed by atoms with Crippen LogP contribution in [0.2, 0.25) is 0 Å². The number of para-hydroxylation sites is 1. The Kier molecular flexibility index (Phi) is 8.58. The minimum absolute atomic E-state index is 0.159. The van der Waals surface area contributed by atoms with E-state index in [4.69, 9.17) is 9.97 Å². The van der Waals surface area contributed by atoms with Crippen LogP contribution in [0, 0.1) is 0 Å². The molecule has 0 saturated heterocycles. The van der Waals surface area contributed by atoms with Crippen LogP contribution >= 0.6 is 11.3 Å². The molecule has 10 aromatic carbocycles. The third-order valence-electron chi connectivity index (χ3n) is 15.4. The van der Waals surface area contributed by atoms with Crippen LogP contribution < -0.4 is 0 Å². The lowest BCUT2D eigenvalue weighted by molar-refractivity contribution is 0.660. The molecule has 4 heterocycles. The van der Waals surface area contributed by atoms with Crippen molar-refractivity contribution in [3.8, 4) is 78.4 Å². The van der Waals surface area contributed by atoms with E-state index in [1.807, 2.05) is 23.5 Å². The van der Waals surface area contributed by atoms with Crippen LogP contribution in [-0.2, 0) is 5.41 Å². The van der Waals surface area contributed by atoms with Gasteiger partial charge in [-0.05, 0) is 104 Å². The predicted octanol–water partition coefficient (Wildman–Crippen LogP) is 18.3. The van der Waals surface area contributed by atoms with Crippen LogP contribution in [0.4, 0.5) is 0 Å². The van der Waals surface area contributed by atoms with Gasteiger partial charge in [-0.25, -0.2) is 9.97 Å². The van der Waals surface area contributed by atoms with Crippen LogP contribution in [0.5, 0.6) is 0 Å². The number of fused-ring (bicyclic) bond motifs is 12. The molecule has 0 spiro atoms. The highest BCUT2D eigenvalue weighted by atomic mass is 32.1. The SMILES string of the molecule is CC1(C)c2ccc(-c3cccc(-c4ccc5c6cccc7c8ccc(-c9cccc%10sc%11ccccc%11c9%10)cc8n(c5c4)c67)c3)cc2-c2cc(-c3nc(-c4ccccc4)cc(-c4ccccc4)n3)ccc21. The molecule has 0 N–H and O–H groups in total. The topological polar surface area (TPSA) is 30.2 Å². The lowest BCUT2D eigenvalue weighted by Gasteiger charge is -2.21. The molecule has 332 valence electrons. The number of aromatic nitrogens is 3. The van der Waals surface area contributed by atoms with Crippen LogP contribution in [-0.4, -0.2) is 14.4 Å². The van der Waals surface area contributed by atoms with Crippen LogP contribution in [0.15, 0.2) is 224 Å². The smallest absolute Gasteiger partial charge is 0.160 e. The Balaban J connectivity index is 0.833. The Morgan fingerprint density at radius 3 is 1.54 bits per heavy atom. The maximum absolute atomic E-state index is 5.20. The summed E-state index contributed by atoms with van der Waals surface area (Å²) in [6.07, 6.45) is 0. The van der Waals surface area contributed by atoms with Crippen molar-refractivity contribution in [2.24, 2.45) is 0 Å². The average Bonchev–Trinajstić information content (AvgIpc) is 4.15. The zero-order valence-electron chi connectivity index (χ0n) is 39.1. The summed E-state index contributed by atoms with van der Waals surface area (Å²) < 4.78 is 5.18. The van der Waals surface area contributed by atoms with E-state index >= 15 is 0 Å². The first-order chi connectivity index (χ1) is 34.9. The standard InChI is InChI=1S/C67H43N3S/c1-67(2)56-32-28-44(35-54(56)55-36-47(29-33-57(55)67)66-68-58(40-14-5-3-6-15-40)39-59(69-66)41-16-7-4-8-17-41)42-18-11-19-43(34-42)45-26-30-49-51-22-12-23-52-50-31-27-46(38-61(50)70(65(51)52)60(49)37-45)48-21-13-25-63-64(48)53-20-9-10-24-62(53)71-63/h3-39H,1-2H3. The summed E-state index contributed by atoms with van der Waals surface area (Å²) in [5.41, 5.74) is 21.0. The fourth-order valence-electron chi connectivity index (χ4n) is 11.9. The molecule has 4 aromatic heterocycles. The molecule has 0 unspecified atom stereocenters. The van der Waals surface area contributed by atoms with Gasteiger partial charge >= 0.3 is 0 Å². The maximum atomic E-state index is 5.20. The molecule has 15 rings (SSSR count). The normalized spacial score (nSPS) is 13.0. The highest BCUT2D eigenvalue weighted by Crippen LogP contribution is 2.51. The lowest BCUT2D eigenvalue weighted by atomic mass is 9.82. The molecule has 4 heteroatoms. The summed E-state index contributed by atoms with van der Waals surface area (Å²) in [7, 11) is 0. The van der Waals surface area contributed by atoms with Gasteiger partial charge < -0.3 is 4.40 Å². The molecule has 3 nitrogen and oxygen atoms in total. The van der Waals surface area contributed by atoms with E-state index < -0.39 is 0 Å². The van der Waals surface area contributed by atoms with Gasteiger partial charge in [-0.2, -0.15) is 0 Å². The zero-order valence-corrected chi connectivity index (χ0v) is 39.9. The summed E-state index contributed by atoms with van der Waals surface area (Å²) in [5, 5.41) is 7.80. The van der Waals surface area contributed by atoms with E-state index in [1.165, 1.54) is 114 Å². The molecule has 0 fully saturated rings. The summed E-state index contributed by atoms with van der Waals surface area (Å²) in [5.74, 6) is 0.722. The van der Waals surface area contributed by atoms with Crippen molar-refractivity contribution < 1.29 is 0 Å². The molecule has 0 bridgehead atoms.